The molecular formula is C24H27F2N5O3. The molecule has 0 spiro atoms. The number of nitrogens with zero attached hydrogens (tertiary/aromatic N) is 4. The van der Waals surface area contributed by atoms with E-state index in [0.29, 0.717) is 37.0 Å². The highest BCUT2D eigenvalue weighted by molar-refractivity contribution is 5.92. The number of carbonyl (C=O) groups is 1. The van der Waals surface area contributed by atoms with Crippen molar-refractivity contribution < 1.29 is 23.0 Å². The monoisotopic (exact) mass is 471 g/mol. The number of fused-ring (bicyclic) bond motifs is 1. The fraction of sp³-hybridized carbons (Fsp3) is 0.375. The molecule has 10 heteroatoms. The Labute approximate surface area is 196 Å². The number of anilines is 2. The number of amides is 1. The highest BCUT2D eigenvalue weighted by atomic mass is 19.1. The lowest BCUT2D eigenvalue weighted by atomic mass is 10.1. The van der Waals surface area contributed by atoms with Gasteiger partial charge in [-0.3, -0.25) is 4.79 Å². The van der Waals surface area contributed by atoms with Crippen molar-refractivity contribution in [1.82, 2.24) is 14.9 Å². The predicted octanol–water partition coefficient (Wildman–Crippen LogP) is 3.18. The van der Waals surface area contributed by atoms with Crippen molar-refractivity contribution in [1.29, 1.82) is 0 Å². The Balaban J connectivity index is 1.51. The number of aryl methyl sites for hydroxylation is 1. The van der Waals surface area contributed by atoms with Crippen LogP contribution in [0.1, 0.15) is 18.9 Å². The van der Waals surface area contributed by atoms with Gasteiger partial charge in [0.1, 0.15) is 17.2 Å². The smallest absolute Gasteiger partial charge is 0.228 e. The average molecular weight is 472 g/mol. The zero-order chi connectivity index (χ0) is 24.4. The number of methoxy groups -OCH3 is 2. The number of rotatable bonds is 6. The summed E-state index contributed by atoms with van der Waals surface area (Å²) in [6.45, 7) is 3.26. The first kappa shape index (κ1) is 23.5. The highest BCUT2D eigenvalue weighted by Gasteiger charge is 2.29. The highest BCUT2D eigenvalue weighted by Crippen LogP contribution is 2.37. The van der Waals surface area contributed by atoms with Gasteiger partial charge in [0.15, 0.2) is 17.3 Å². The maximum absolute atomic E-state index is 15.1. The zero-order valence-corrected chi connectivity index (χ0v) is 19.3. The van der Waals surface area contributed by atoms with Crippen molar-refractivity contribution in [2.75, 3.05) is 44.5 Å². The first-order valence-corrected chi connectivity index (χ1v) is 11.0. The molecule has 1 aliphatic heterocycles. The summed E-state index contributed by atoms with van der Waals surface area (Å²) in [6.07, 6.45) is 0.564. The molecule has 4 rings (SSSR count). The SMILES string of the molecule is COc1cc2c(N)nc(N3CCN(C(=O)CCc4ccccc4F)C[C@@H]3C)nc2c(F)c1OC. The molecule has 1 atom stereocenters. The van der Waals surface area contributed by atoms with Crippen molar-refractivity contribution in [3.8, 4) is 11.5 Å². The van der Waals surface area contributed by atoms with E-state index < -0.39 is 5.82 Å². The lowest BCUT2D eigenvalue weighted by molar-refractivity contribution is -0.131. The third-order valence-corrected chi connectivity index (χ3v) is 6.10. The molecule has 0 saturated carbocycles. The van der Waals surface area contributed by atoms with Crippen LogP contribution in [0.5, 0.6) is 11.5 Å². The number of hydrogen-bond acceptors (Lipinski definition) is 7. The third kappa shape index (κ3) is 4.40. The molecule has 2 heterocycles. The maximum Gasteiger partial charge on any atom is 0.228 e. The van der Waals surface area contributed by atoms with Gasteiger partial charge in [-0.25, -0.2) is 13.8 Å². The molecule has 1 fully saturated rings. The Morgan fingerprint density at radius 3 is 2.62 bits per heavy atom. The lowest BCUT2D eigenvalue weighted by Crippen LogP contribution is -2.54. The Morgan fingerprint density at radius 1 is 1.18 bits per heavy atom. The molecule has 0 bridgehead atoms. The van der Waals surface area contributed by atoms with Gasteiger partial charge >= 0.3 is 0 Å². The second-order valence-corrected chi connectivity index (χ2v) is 8.20. The molecule has 8 nitrogen and oxygen atoms in total. The van der Waals surface area contributed by atoms with Crippen molar-refractivity contribution in [3.63, 3.8) is 0 Å². The van der Waals surface area contributed by atoms with Crippen molar-refractivity contribution in [2.24, 2.45) is 0 Å². The van der Waals surface area contributed by atoms with Crippen LogP contribution in [0.25, 0.3) is 10.9 Å². The lowest BCUT2D eigenvalue weighted by Gasteiger charge is -2.40. The molecule has 1 saturated heterocycles. The topological polar surface area (TPSA) is 93.8 Å². The summed E-state index contributed by atoms with van der Waals surface area (Å²) >= 11 is 0. The van der Waals surface area contributed by atoms with Crippen molar-refractivity contribution in [3.05, 3.63) is 47.5 Å². The fourth-order valence-corrected chi connectivity index (χ4v) is 4.25. The van der Waals surface area contributed by atoms with Crippen LogP contribution in [0.15, 0.2) is 30.3 Å². The average Bonchev–Trinajstić information content (AvgIpc) is 2.83. The van der Waals surface area contributed by atoms with Gasteiger partial charge in [0.2, 0.25) is 11.9 Å². The molecule has 34 heavy (non-hydrogen) atoms. The van der Waals surface area contributed by atoms with Gasteiger partial charge in [-0.1, -0.05) is 18.2 Å². The van der Waals surface area contributed by atoms with E-state index in [4.69, 9.17) is 15.2 Å². The molecule has 2 N–H and O–H groups in total. The van der Waals surface area contributed by atoms with E-state index >= 15 is 4.39 Å². The number of nitrogens with two attached hydrogens (primary N) is 1. The second-order valence-electron chi connectivity index (χ2n) is 8.20. The van der Waals surface area contributed by atoms with Crippen LogP contribution < -0.4 is 20.1 Å². The summed E-state index contributed by atoms with van der Waals surface area (Å²) < 4.78 is 39.3. The zero-order valence-electron chi connectivity index (χ0n) is 19.3. The van der Waals surface area contributed by atoms with Gasteiger partial charge in [-0.15, -0.1) is 0 Å². The summed E-state index contributed by atoms with van der Waals surface area (Å²) in [7, 11) is 2.76. The molecule has 180 valence electrons. The van der Waals surface area contributed by atoms with Crippen LogP contribution in [-0.4, -0.2) is 60.7 Å². The van der Waals surface area contributed by atoms with Crippen LogP contribution in [0.4, 0.5) is 20.5 Å². The number of benzene rings is 2. The number of halogens is 2. The minimum Gasteiger partial charge on any atom is -0.493 e. The van der Waals surface area contributed by atoms with Gasteiger partial charge in [0.25, 0.3) is 0 Å². The second kappa shape index (κ2) is 9.66. The summed E-state index contributed by atoms with van der Waals surface area (Å²) in [5.41, 5.74) is 6.70. The number of ether oxygens (including phenoxy) is 2. The predicted molar refractivity (Wildman–Crippen MR) is 125 cm³/mol. The Bertz CT molecular complexity index is 1220. The molecule has 3 aromatic rings. The van der Waals surface area contributed by atoms with Crippen LogP contribution in [0.3, 0.4) is 0 Å². The summed E-state index contributed by atoms with van der Waals surface area (Å²) in [4.78, 5) is 25.2. The summed E-state index contributed by atoms with van der Waals surface area (Å²) in [5, 5.41) is 0.327. The molecule has 0 radical (unpaired) electrons. The van der Waals surface area contributed by atoms with Gasteiger partial charge in [0, 0.05) is 37.5 Å². The molecule has 1 aromatic heterocycles. The number of hydrogen-bond donors (Lipinski definition) is 1. The Morgan fingerprint density at radius 2 is 1.94 bits per heavy atom. The Kier molecular flexibility index (Phi) is 6.67. The van der Waals surface area contributed by atoms with Crippen molar-refractivity contribution >= 4 is 28.6 Å². The minimum absolute atomic E-state index is 0.0377. The normalized spacial score (nSPS) is 16.1. The van der Waals surface area contributed by atoms with Gasteiger partial charge < -0.3 is 25.0 Å². The molecule has 1 amide bonds. The number of carbonyl (C=O) groups excluding carboxylic acids is 1. The maximum atomic E-state index is 15.1. The van der Waals surface area contributed by atoms with Gasteiger partial charge in [-0.2, -0.15) is 4.98 Å². The molecule has 2 aromatic carbocycles. The largest absolute Gasteiger partial charge is 0.493 e. The standard InChI is InChI=1S/C24H27F2N5O3/c1-14-13-30(19(32)9-8-15-6-4-5-7-17(15)25)10-11-31(14)24-28-21-16(23(27)29-24)12-18(33-2)22(34-3)20(21)26/h4-7,12,14H,8-11,13H2,1-3H3,(H2,27,28,29)/t14-/m0/s1. The van der Waals surface area contributed by atoms with E-state index in [1.807, 2.05) is 11.8 Å². The van der Waals surface area contributed by atoms with E-state index in [-0.39, 0.29) is 53.0 Å². The van der Waals surface area contributed by atoms with E-state index in [1.165, 1.54) is 20.3 Å². The van der Waals surface area contributed by atoms with Crippen molar-refractivity contribution in [2.45, 2.75) is 25.8 Å². The summed E-state index contributed by atoms with van der Waals surface area (Å²) in [5.74, 6) is -0.485. The number of nitrogen functional groups attached to an aromatic ring is 1. The molecule has 0 unspecified atom stereocenters. The fourth-order valence-electron chi connectivity index (χ4n) is 4.25. The van der Waals surface area contributed by atoms with E-state index in [0.717, 1.165) is 0 Å². The van der Waals surface area contributed by atoms with Crippen LogP contribution in [0, 0.1) is 11.6 Å². The molecule has 0 aliphatic carbocycles. The first-order chi connectivity index (χ1) is 16.3. The first-order valence-electron chi connectivity index (χ1n) is 11.0. The van der Waals surface area contributed by atoms with E-state index in [1.54, 1.807) is 29.2 Å². The summed E-state index contributed by atoms with van der Waals surface area (Å²) in [6, 6.07) is 7.88. The third-order valence-electron chi connectivity index (χ3n) is 6.10. The van der Waals surface area contributed by atoms with E-state index in [2.05, 4.69) is 9.97 Å². The van der Waals surface area contributed by atoms with Crippen LogP contribution >= 0.6 is 0 Å². The molecular weight excluding hydrogens is 444 g/mol. The van der Waals surface area contributed by atoms with Crippen LogP contribution in [0.2, 0.25) is 0 Å². The number of piperazine rings is 1. The Hall–Kier alpha value is -3.69. The quantitative estimate of drug-likeness (QED) is 0.590. The number of aromatic nitrogens is 2. The molecule has 1 aliphatic rings. The van der Waals surface area contributed by atoms with Gasteiger partial charge in [0.05, 0.1) is 14.2 Å². The van der Waals surface area contributed by atoms with E-state index in [9.17, 15) is 9.18 Å². The van der Waals surface area contributed by atoms with Gasteiger partial charge in [-0.05, 0) is 31.0 Å². The minimum atomic E-state index is -0.679. The van der Waals surface area contributed by atoms with Crippen LogP contribution in [-0.2, 0) is 11.2 Å².